The Balaban J connectivity index is 2.09. The number of rotatable bonds is 10. The summed E-state index contributed by atoms with van der Waals surface area (Å²) >= 11 is 12.6. The molecule has 0 saturated carbocycles. The van der Waals surface area contributed by atoms with E-state index < -0.39 is 40.2 Å². The second kappa shape index (κ2) is 12.8. The number of carbonyl (C=O) groups excluding carboxylic acids is 2. The molecule has 0 aromatic heterocycles. The number of hydrogen-bond acceptors (Lipinski definition) is 4. The van der Waals surface area contributed by atoms with Crippen molar-refractivity contribution in [2.45, 2.75) is 51.2 Å². The lowest BCUT2D eigenvalue weighted by atomic mass is 10.1. The maximum Gasteiger partial charge on any atom is 0.264 e. The van der Waals surface area contributed by atoms with Gasteiger partial charge in [0.2, 0.25) is 11.8 Å². The van der Waals surface area contributed by atoms with Gasteiger partial charge in [0.1, 0.15) is 18.4 Å². The molecule has 0 heterocycles. The van der Waals surface area contributed by atoms with Crippen molar-refractivity contribution in [1.29, 1.82) is 0 Å². The van der Waals surface area contributed by atoms with Gasteiger partial charge in [-0.05, 0) is 58.0 Å². The first-order valence-electron chi connectivity index (χ1n) is 12.2. The van der Waals surface area contributed by atoms with Crippen molar-refractivity contribution in [2.75, 3.05) is 10.8 Å². The van der Waals surface area contributed by atoms with Gasteiger partial charge in [0.25, 0.3) is 10.0 Å². The van der Waals surface area contributed by atoms with Crippen molar-refractivity contribution in [2.24, 2.45) is 0 Å². The highest BCUT2D eigenvalue weighted by molar-refractivity contribution is 7.92. The summed E-state index contributed by atoms with van der Waals surface area (Å²) in [5, 5.41) is 2.78. The summed E-state index contributed by atoms with van der Waals surface area (Å²) in [7, 11) is -4.32. The Morgan fingerprint density at radius 2 is 1.59 bits per heavy atom. The van der Waals surface area contributed by atoms with Crippen LogP contribution < -0.4 is 9.62 Å². The highest BCUT2D eigenvalue weighted by Crippen LogP contribution is 2.35. The Bertz CT molecular complexity index is 1450. The van der Waals surface area contributed by atoms with Crippen LogP contribution >= 0.6 is 23.2 Å². The molecule has 0 unspecified atom stereocenters. The number of carbonyl (C=O) groups is 2. The summed E-state index contributed by atoms with van der Waals surface area (Å²) in [5.74, 6) is -1.77. The van der Waals surface area contributed by atoms with Gasteiger partial charge in [-0.3, -0.25) is 13.9 Å². The van der Waals surface area contributed by atoms with Crippen LogP contribution in [0, 0.1) is 12.7 Å². The monoisotopic (exact) mass is 593 g/mol. The van der Waals surface area contributed by atoms with Crippen LogP contribution in [0.15, 0.2) is 71.6 Å². The molecule has 7 nitrogen and oxygen atoms in total. The van der Waals surface area contributed by atoms with E-state index in [9.17, 15) is 22.4 Å². The van der Waals surface area contributed by atoms with Gasteiger partial charge in [0.15, 0.2) is 0 Å². The molecular weight excluding hydrogens is 564 g/mol. The first-order valence-corrected chi connectivity index (χ1v) is 14.4. The minimum atomic E-state index is -4.32. The zero-order chi connectivity index (χ0) is 28.9. The van der Waals surface area contributed by atoms with E-state index in [1.165, 1.54) is 55.5 Å². The van der Waals surface area contributed by atoms with Crippen LogP contribution in [0.2, 0.25) is 10.0 Å². The Kier molecular flexibility index (Phi) is 9.98. The van der Waals surface area contributed by atoms with Crippen LogP contribution in [-0.4, -0.2) is 43.8 Å². The van der Waals surface area contributed by atoms with Gasteiger partial charge >= 0.3 is 0 Å². The topological polar surface area (TPSA) is 86.8 Å². The number of hydrogen-bond donors (Lipinski definition) is 1. The van der Waals surface area contributed by atoms with Gasteiger partial charge in [-0.2, -0.15) is 0 Å². The highest BCUT2D eigenvalue weighted by atomic mass is 35.5. The molecule has 0 radical (unpaired) electrons. The lowest BCUT2D eigenvalue weighted by molar-refractivity contribution is -0.139. The minimum Gasteiger partial charge on any atom is -0.352 e. The van der Waals surface area contributed by atoms with Crippen molar-refractivity contribution in [1.82, 2.24) is 10.2 Å². The SMILES string of the molecule is Cc1ccc(S(=O)(=O)N(CC(=O)N(Cc2ccccc2F)[C@@H](C)C(=O)NC(C)C)c2cccc(Cl)c2Cl)cc1. The van der Waals surface area contributed by atoms with Crippen LogP contribution in [0.3, 0.4) is 0 Å². The number of nitrogens with one attached hydrogen (secondary N) is 1. The molecule has 11 heteroatoms. The van der Waals surface area contributed by atoms with Gasteiger partial charge in [0, 0.05) is 18.2 Å². The van der Waals surface area contributed by atoms with Gasteiger partial charge in [-0.25, -0.2) is 12.8 Å². The van der Waals surface area contributed by atoms with E-state index in [0.29, 0.717) is 0 Å². The van der Waals surface area contributed by atoms with Crippen LogP contribution in [-0.2, 0) is 26.2 Å². The second-order valence-electron chi connectivity index (χ2n) is 9.35. The van der Waals surface area contributed by atoms with E-state index in [1.807, 2.05) is 6.92 Å². The quantitative estimate of drug-likeness (QED) is 0.332. The third kappa shape index (κ3) is 7.29. The Hall–Kier alpha value is -3.14. The summed E-state index contributed by atoms with van der Waals surface area (Å²) < 4.78 is 43.1. The second-order valence-corrected chi connectivity index (χ2v) is 12.0. The normalized spacial score (nSPS) is 12.2. The maximum atomic E-state index is 14.6. The molecule has 2 amide bonds. The molecule has 1 atom stereocenters. The molecule has 0 aliphatic rings. The summed E-state index contributed by atoms with van der Waals surface area (Å²) in [6.45, 7) is 5.87. The molecule has 39 heavy (non-hydrogen) atoms. The molecule has 3 aromatic rings. The fraction of sp³-hybridized carbons (Fsp3) is 0.286. The fourth-order valence-electron chi connectivity index (χ4n) is 3.83. The van der Waals surface area contributed by atoms with Crippen molar-refractivity contribution in [3.8, 4) is 0 Å². The van der Waals surface area contributed by atoms with E-state index in [4.69, 9.17) is 23.2 Å². The van der Waals surface area contributed by atoms with Crippen molar-refractivity contribution in [3.05, 3.63) is 93.7 Å². The van der Waals surface area contributed by atoms with E-state index in [1.54, 1.807) is 32.0 Å². The molecule has 3 aromatic carbocycles. The van der Waals surface area contributed by atoms with Gasteiger partial charge in [-0.1, -0.05) is 65.2 Å². The highest BCUT2D eigenvalue weighted by Gasteiger charge is 2.34. The van der Waals surface area contributed by atoms with Crippen molar-refractivity contribution in [3.63, 3.8) is 0 Å². The number of nitrogens with zero attached hydrogens (tertiary/aromatic N) is 2. The maximum absolute atomic E-state index is 14.6. The number of benzene rings is 3. The molecular formula is C28H30Cl2FN3O4S. The molecule has 0 spiro atoms. The van der Waals surface area contributed by atoms with Gasteiger partial charge in [-0.15, -0.1) is 0 Å². The Morgan fingerprint density at radius 3 is 2.21 bits per heavy atom. The lowest BCUT2D eigenvalue weighted by Crippen LogP contribution is -2.52. The number of amides is 2. The van der Waals surface area contributed by atoms with Gasteiger partial charge < -0.3 is 10.2 Å². The lowest BCUT2D eigenvalue weighted by Gasteiger charge is -2.32. The molecule has 1 N–H and O–H groups in total. The third-order valence-corrected chi connectivity index (χ3v) is 8.57. The summed E-state index contributed by atoms with van der Waals surface area (Å²) in [5.41, 5.74) is 1.01. The number of anilines is 1. The van der Waals surface area contributed by atoms with Crippen molar-refractivity contribution >= 4 is 50.7 Å². The molecule has 0 bridgehead atoms. The zero-order valence-corrected chi connectivity index (χ0v) is 24.3. The summed E-state index contributed by atoms with van der Waals surface area (Å²) in [6.07, 6.45) is 0. The first kappa shape index (κ1) is 30.4. The Labute approximate surface area is 238 Å². The molecule has 0 saturated heterocycles. The first-order chi connectivity index (χ1) is 18.3. The largest absolute Gasteiger partial charge is 0.352 e. The van der Waals surface area contributed by atoms with Crippen LogP contribution in [0.25, 0.3) is 0 Å². The zero-order valence-electron chi connectivity index (χ0n) is 22.0. The van der Waals surface area contributed by atoms with E-state index in [2.05, 4.69) is 5.32 Å². The summed E-state index contributed by atoms with van der Waals surface area (Å²) in [4.78, 5) is 27.8. The standard InChI is InChI=1S/C28H30Cl2FN3O4S/c1-18(2)32-28(36)20(4)33(16-21-8-5-6-10-24(21)31)26(35)17-34(25-11-7-9-23(29)27(25)30)39(37,38)22-14-12-19(3)13-15-22/h5-15,18,20H,16-17H2,1-4H3,(H,32,36)/t20-/m0/s1. The molecule has 0 fully saturated rings. The van der Waals surface area contributed by atoms with E-state index in [-0.39, 0.29) is 38.8 Å². The molecule has 3 rings (SSSR count). The predicted molar refractivity (Wildman–Crippen MR) is 152 cm³/mol. The summed E-state index contributed by atoms with van der Waals surface area (Å²) in [6, 6.07) is 15.2. The van der Waals surface area contributed by atoms with Crippen LogP contribution in [0.5, 0.6) is 0 Å². The smallest absolute Gasteiger partial charge is 0.264 e. The number of halogens is 3. The number of aryl methyl sites for hydroxylation is 1. The number of sulfonamides is 1. The molecule has 0 aliphatic carbocycles. The average Bonchev–Trinajstić information content (AvgIpc) is 2.88. The minimum absolute atomic E-state index is 0.0109. The fourth-order valence-corrected chi connectivity index (χ4v) is 5.71. The third-order valence-electron chi connectivity index (χ3n) is 5.98. The van der Waals surface area contributed by atoms with E-state index in [0.717, 1.165) is 14.8 Å². The average molecular weight is 595 g/mol. The van der Waals surface area contributed by atoms with Crippen molar-refractivity contribution < 1.29 is 22.4 Å². The van der Waals surface area contributed by atoms with Gasteiger partial charge in [0.05, 0.1) is 20.6 Å². The van der Waals surface area contributed by atoms with Crippen LogP contribution in [0.1, 0.15) is 31.9 Å². The predicted octanol–water partition coefficient (Wildman–Crippen LogP) is 5.58. The Morgan fingerprint density at radius 1 is 0.949 bits per heavy atom. The van der Waals surface area contributed by atoms with E-state index >= 15 is 0 Å². The molecule has 208 valence electrons. The van der Waals surface area contributed by atoms with Crippen LogP contribution in [0.4, 0.5) is 10.1 Å². The molecule has 0 aliphatic heterocycles.